The number of rotatable bonds is 3. The molecule has 0 fully saturated rings. The summed E-state index contributed by atoms with van der Waals surface area (Å²) in [6.45, 7) is 4.70. The molecule has 0 radical (unpaired) electrons. The van der Waals surface area contributed by atoms with E-state index < -0.39 is 35.2 Å². The third kappa shape index (κ3) is 3.10. The summed E-state index contributed by atoms with van der Waals surface area (Å²) < 4.78 is 21.7. The van der Waals surface area contributed by atoms with Crippen LogP contribution in [-0.2, 0) is 39.5 Å². The van der Waals surface area contributed by atoms with Crippen LogP contribution in [0.3, 0.4) is 0 Å². The molecule has 0 spiro atoms. The minimum Gasteiger partial charge on any atom is -0.458 e. The number of benzene rings is 1. The Labute approximate surface area is 217 Å². The molecule has 3 aromatic rings. The first kappa shape index (κ1) is 24.7. The van der Waals surface area contributed by atoms with E-state index in [4.69, 9.17) is 9.72 Å². The molecule has 0 bridgehead atoms. The Morgan fingerprint density at radius 2 is 2.05 bits per heavy atom. The van der Waals surface area contributed by atoms with E-state index in [2.05, 4.69) is 0 Å². The Hall–Kier alpha value is -3.63. The number of fused-ring (bicyclic) bond motifs is 5. The van der Waals surface area contributed by atoms with Gasteiger partial charge in [-0.2, -0.15) is 0 Å². The fraction of sp³-hybridized carbons (Fsp3) is 0.429. The van der Waals surface area contributed by atoms with Gasteiger partial charge in [-0.3, -0.25) is 9.59 Å². The molecule has 0 saturated heterocycles. The number of amides is 1. The number of aromatic nitrogens is 2. The van der Waals surface area contributed by atoms with Crippen molar-refractivity contribution in [3.8, 4) is 11.4 Å². The van der Waals surface area contributed by atoms with Gasteiger partial charge < -0.3 is 24.4 Å². The smallest absolute Gasteiger partial charge is 0.343 e. The van der Waals surface area contributed by atoms with Crippen LogP contribution in [0.1, 0.15) is 66.1 Å². The fourth-order valence-corrected chi connectivity index (χ4v) is 6.37. The van der Waals surface area contributed by atoms with E-state index in [0.29, 0.717) is 35.3 Å². The van der Waals surface area contributed by atoms with E-state index in [0.717, 1.165) is 22.1 Å². The highest BCUT2D eigenvalue weighted by Crippen LogP contribution is 2.47. The van der Waals surface area contributed by atoms with Crippen LogP contribution in [0.4, 0.5) is 4.39 Å². The van der Waals surface area contributed by atoms with Gasteiger partial charge in [-0.05, 0) is 55.9 Å². The normalized spacial score (nSPS) is 22.0. The molecular weight excluding hydrogens is 493 g/mol. The summed E-state index contributed by atoms with van der Waals surface area (Å²) in [5, 5.41) is 21.9. The first-order valence-corrected chi connectivity index (χ1v) is 12.8. The van der Waals surface area contributed by atoms with E-state index in [1.165, 1.54) is 22.5 Å². The molecule has 2 aliphatic heterocycles. The molecule has 9 nitrogen and oxygen atoms in total. The maximum Gasteiger partial charge on any atom is 0.343 e. The van der Waals surface area contributed by atoms with Crippen molar-refractivity contribution < 1.29 is 28.9 Å². The monoisotopic (exact) mass is 521 g/mol. The number of halogens is 1. The SMILES string of the molecule is CC[C@@]1(O)C(=O)OCc2c1cc1n(c2=O)Cc2c-1nc1cc(F)c(C)c3c1c2[C@@H](N(C)C(=O)[C@@H](C)O)CC3. The minimum absolute atomic E-state index is 0.0210. The third-order valence-electron chi connectivity index (χ3n) is 8.52. The van der Waals surface area contributed by atoms with Gasteiger partial charge in [0.25, 0.3) is 11.5 Å². The highest BCUT2D eigenvalue weighted by molar-refractivity contribution is 5.94. The summed E-state index contributed by atoms with van der Waals surface area (Å²) in [5.74, 6) is -1.64. The molecule has 3 atom stereocenters. The van der Waals surface area contributed by atoms with Crippen molar-refractivity contribution >= 4 is 22.8 Å². The summed E-state index contributed by atoms with van der Waals surface area (Å²) in [7, 11) is 1.64. The number of ether oxygens (including phenoxy) is 1. The molecule has 38 heavy (non-hydrogen) atoms. The van der Waals surface area contributed by atoms with E-state index >= 15 is 0 Å². The van der Waals surface area contributed by atoms with Gasteiger partial charge in [0, 0.05) is 29.6 Å². The molecule has 10 heteroatoms. The molecule has 4 heterocycles. The van der Waals surface area contributed by atoms with Gasteiger partial charge in [0.2, 0.25) is 0 Å². The second-order valence-corrected chi connectivity index (χ2v) is 10.5. The predicted molar refractivity (Wildman–Crippen MR) is 135 cm³/mol. The van der Waals surface area contributed by atoms with Crippen LogP contribution < -0.4 is 5.56 Å². The number of hydrogen-bond acceptors (Lipinski definition) is 7. The first-order chi connectivity index (χ1) is 18.0. The van der Waals surface area contributed by atoms with Gasteiger partial charge in [-0.15, -0.1) is 0 Å². The summed E-state index contributed by atoms with van der Waals surface area (Å²) >= 11 is 0. The molecule has 2 N–H and O–H groups in total. The molecule has 3 aliphatic rings. The van der Waals surface area contributed by atoms with Crippen LogP contribution in [0.15, 0.2) is 16.9 Å². The van der Waals surface area contributed by atoms with Crippen molar-refractivity contribution in [2.24, 2.45) is 0 Å². The van der Waals surface area contributed by atoms with Crippen molar-refractivity contribution in [1.29, 1.82) is 0 Å². The highest BCUT2D eigenvalue weighted by Gasteiger charge is 2.46. The minimum atomic E-state index is -1.96. The molecule has 198 valence electrons. The van der Waals surface area contributed by atoms with Crippen LogP contribution in [0.2, 0.25) is 0 Å². The summed E-state index contributed by atoms with van der Waals surface area (Å²) in [6.07, 6.45) is -0.137. The number of aryl methyl sites for hydroxylation is 1. The molecule has 6 rings (SSSR count). The maximum absolute atomic E-state index is 15.0. The summed E-state index contributed by atoms with van der Waals surface area (Å²) in [6, 6.07) is 2.56. The lowest BCUT2D eigenvalue weighted by molar-refractivity contribution is -0.172. The lowest BCUT2D eigenvalue weighted by atomic mass is 9.81. The number of hydrogen-bond donors (Lipinski definition) is 2. The van der Waals surface area contributed by atoms with Gasteiger partial charge in [0.15, 0.2) is 5.60 Å². The van der Waals surface area contributed by atoms with Crippen molar-refractivity contribution in [2.75, 3.05) is 7.05 Å². The summed E-state index contributed by atoms with van der Waals surface area (Å²) in [4.78, 5) is 45.3. The Balaban J connectivity index is 1.67. The average molecular weight is 522 g/mol. The standard InChI is InChI=1S/C28H28FN3O6/c1-5-28(37)17-8-21-24-15(10-32(21)26(35)16(17)11-38-27(28)36)23-20(31(4)25(34)13(3)33)7-6-14-12(2)18(29)9-19(30-24)22(14)23/h8-9,13,20,33,37H,5-7,10-11H2,1-4H3/t13-,20+,28+/m1/s1. The average Bonchev–Trinajstić information content (AvgIpc) is 3.27. The van der Waals surface area contributed by atoms with Crippen molar-refractivity contribution in [1.82, 2.24) is 14.5 Å². The van der Waals surface area contributed by atoms with Gasteiger partial charge >= 0.3 is 5.97 Å². The lowest BCUT2D eigenvalue weighted by Crippen LogP contribution is -2.44. The highest BCUT2D eigenvalue weighted by atomic mass is 19.1. The van der Waals surface area contributed by atoms with E-state index in [9.17, 15) is 29.0 Å². The number of nitrogens with zero attached hydrogens (tertiary/aromatic N) is 3. The topological polar surface area (TPSA) is 122 Å². The Kier molecular flexibility index (Phi) is 5.32. The molecule has 2 aromatic heterocycles. The number of likely N-dealkylation sites (N-methyl/N-ethyl adjacent to an activating group) is 1. The van der Waals surface area contributed by atoms with Crippen LogP contribution in [0.25, 0.3) is 22.3 Å². The Morgan fingerprint density at radius 3 is 2.74 bits per heavy atom. The fourth-order valence-electron chi connectivity index (χ4n) is 6.37. The van der Waals surface area contributed by atoms with E-state index in [1.54, 1.807) is 27.0 Å². The number of cyclic esters (lactones) is 1. The molecule has 1 aliphatic carbocycles. The second-order valence-electron chi connectivity index (χ2n) is 10.5. The Morgan fingerprint density at radius 1 is 1.32 bits per heavy atom. The number of carbonyl (C=O) groups is 2. The van der Waals surface area contributed by atoms with Crippen LogP contribution >= 0.6 is 0 Å². The van der Waals surface area contributed by atoms with E-state index in [1.807, 2.05) is 0 Å². The van der Waals surface area contributed by atoms with E-state index in [-0.39, 0.29) is 36.5 Å². The number of pyridine rings is 2. The molecule has 0 unspecified atom stereocenters. The number of aliphatic hydroxyl groups is 2. The largest absolute Gasteiger partial charge is 0.458 e. The first-order valence-electron chi connectivity index (χ1n) is 12.8. The number of carbonyl (C=O) groups excluding carboxylic acids is 2. The zero-order valence-corrected chi connectivity index (χ0v) is 21.6. The molecular formula is C28H28FN3O6. The zero-order chi connectivity index (χ0) is 27.3. The van der Waals surface area contributed by atoms with Crippen LogP contribution in [-0.4, -0.2) is 49.7 Å². The lowest BCUT2D eigenvalue weighted by Gasteiger charge is -2.35. The van der Waals surface area contributed by atoms with Gasteiger partial charge in [0.05, 0.1) is 35.1 Å². The van der Waals surface area contributed by atoms with Gasteiger partial charge in [0.1, 0.15) is 18.5 Å². The summed E-state index contributed by atoms with van der Waals surface area (Å²) in [5.41, 5.74) is 2.18. The molecule has 1 amide bonds. The van der Waals surface area contributed by atoms with Gasteiger partial charge in [-0.25, -0.2) is 14.2 Å². The predicted octanol–water partition coefficient (Wildman–Crippen LogP) is 2.35. The zero-order valence-electron chi connectivity index (χ0n) is 21.6. The second kappa shape index (κ2) is 8.18. The quantitative estimate of drug-likeness (QED) is 0.397. The van der Waals surface area contributed by atoms with Crippen molar-refractivity contribution in [2.45, 2.75) is 70.9 Å². The van der Waals surface area contributed by atoms with Crippen LogP contribution in [0.5, 0.6) is 0 Å². The number of esters is 1. The molecule has 0 saturated carbocycles. The van der Waals surface area contributed by atoms with Crippen molar-refractivity contribution in [3.63, 3.8) is 0 Å². The maximum atomic E-state index is 15.0. The van der Waals surface area contributed by atoms with Gasteiger partial charge in [-0.1, -0.05) is 6.92 Å². The van der Waals surface area contributed by atoms with Crippen molar-refractivity contribution in [3.05, 3.63) is 61.7 Å². The Bertz CT molecular complexity index is 1640. The molecule has 1 aromatic carbocycles. The third-order valence-corrected chi connectivity index (χ3v) is 8.52. The number of aliphatic hydroxyl groups excluding tert-OH is 1. The van der Waals surface area contributed by atoms with Crippen LogP contribution in [0, 0.1) is 12.7 Å².